The zero-order chi connectivity index (χ0) is 18.6. The molecule has 0 bridgehead atoms. The molecule has 0 saturated carbocycles. The van der Waals surface area contributed by atoms with E-state index in [4.69, 9.17) is 9.72 Å². The van der Waals surface area contributed by atoms with Crippen LogP contribution in [-0.4, -0.2) is 43.2 Å². The normalized spacial score (nSPS) is 15.1. The number of hydrogen-bond donors (Lipinski definition) is 0. The van der Waals surface area contributed by atoms with Gasteiger partial charge >= 0.3 is 0 Å². The van der Waals surface area contributed by atoms with E-state index in [0.29, 0.717) is 0 Å². The molecule has 0 amide bonds. The van der Waals surface area contributed by atoms with Crippen LogP contribution in [0.25, 0.3) is 10.6 Å². The molecule has 1 aromatic heterocycles. The Morgan fingerprint density at radius 3 is 2.63 bits per heavy atom. The van der Waals surface area contributed by atoms with Crippen molar-refractivity contribution >= 4 is 17.0 Å². The van der Waals surface area contributed by atoms with E-state index in [1.165, 1.54) is 22.5 Å². The number of piperazine rings is 1. The van der Waals surface area contributed by atoms with Crippen molar-refractivity contribution in [3.63, 3.8) is 0 Å². The monoisotopic (exact) mass is 379 g/mol. The van der Waals surface area contributed by atoms with Crippen molar-refractivity contribution in [3.05, 3.63) is 65.2 Å². The van der Waals surface area contributed by atoms with E-state index in [1.807, 2.05) is 6.07 Å². The van der Waals surface area contributed by atoms with Crippen LogP contribution in [0, 0.1) is 6.92 Å². The highest BCUT2D eigenvalue weighted by atomic mass is 32.1. The van der Waals surface area contributed by atoms with Gasteiger partial charge in [-0.2, -0.15) is 0 Å². The molecule has 27 heavy (non-hydrogen) atoms. The Bertz CT molecular complexity index is 900. The maximum absolute atomic E-state index is 5.35. The molecular weight excluding hydrogens is 354 g/mol. The fraction of sp³-hybridized carbons (Fsp3) is 0.318. The first kappa shape index (κ1) is 18.0. The Morgan fingerprint density at radius 2 is 1.85 bits per heavy atom. The van der Waals surface area contributed by atoms with Crippen LogP contribution in [0.4, 0.5) is 5.69 Å². The van der Waals surface area contributed by atoms with Gasteiger partial charge in [0.15, 0.2) is 0 Å². The second-order valence-electron chi connectivity index (χ2n) is 6.98. The van der Waals surface area contributed by atoms with Gasteiger partial charge in [0, 0.05) is 55.4 Å². The molecule has 0 N–H and O–H groups in total. The van der Waals surface area contributed by atoms with Crippen molar-refractivity contribution in [3.8, 4) is 16.3 Å². The van der Waals surface area contributed by atoms with Crippen LogP contribution in [0.15, 0.2) is 53.9 Å². The number of hydrogen-bond acceptors (Lipinski definition) is 5. The second-order valence-corrected chi connectivity index (χ2v) is 7.84. The second kappa shape index (κ2) is 8.11. The van der Waals surface area contributed by atoms with Crippen molar-refractivity contribution in [2.45, 2.75) is 13.5 Å². The van der Waals surface area contributed by atoms with Crippen molar-refractivity contribution in [2.75, 3.05) is 38.2 Å². The van der Waals surface area contributed by atoms with Gasteiger partial charge in [0.2, 0.25) is 0 Å². The number of nitrogens with zero attached hydrogens (tertiary/aromatic N) is 3. The molecule has 0 radical (unpaired) electrons. The van der Waals surface area contributed by atoms with Crippen LogP contribution in [-0.2, 0) is 6.54 Å². The van der Waals surface area contributed by atoms with Crippen molar-refractivity contribution in [2.24, 2.45) is 0 Å². The fourth-order valence-corrected chi connectivity index (χ4v) is 4.30. The summed E-state index contributed by atoms with van der Waals surface area (Å²) in [5.41, 5.74) is 4.91. The summed E-state index contributed by atoms with van der Waals surface area (Å²) in [4.78, 5) is 9.78. The van der Waals surface area contributed by atoms with Crippen LogP contribution in [0.1, 0.15) is 11.3 Å². The Kier molecular flexibility index (Phi) is 5.41. The van der Waals surface area contributed by atoms with Crippen molar-refractivity contribution in [1.82, 2.24) is 9.88 Å². The first-order valence-electron chi connectivity index (χ1n) is 9.34. The van der Waals surface area contributed by atoms with E-state index in [2.05, 4.69) is 64.6 Å². The van der Waals surface area contributed by atoms with Crippen molar-refractivity contribution < 1.29 is 4.74 Å². The Balaban J connectivity index is 1.35. The van der Waals surface area contributed by atoms with Gasteiger partial charge in [-0.1, -0.05) is 29.8 Å². The molecule has 2 heterocycles. The minimum atomic E-state index is 0.918. The highest BCUT2D eigenvalue weighted by molar-refractivity contribution is 7.13. The van der Waals surface area contributed by atoms with E-state index >= 15 is 0 Å². The van der Waals surface area contributed by atoms with E-state index in [0.717, 1.165) is 43.5 Å². The molecule has 0 unspecified atom stereocenters. The van der Waals surface area contributed by atoms with Gasteiger partial charge in [0.25, 0.3) is 0 Å². The summed E-state index contributed by atoms with van der Waals surface area (Å²) < 4.78 is 5.35. The highest BCUT2D eigenvalue weighted by Gasteiger charge is 2.18. The molecule has 1 saturated heterocycles. The van der Waals surface area contributed by atoms with E-state index in [9.17, 15) is 0 Å². The average molecular weight is 380 g/mol. The average Bonchev–Trinajstić information content (AvgIpc) is 3.17. The molecule has 5 heteroatoms. The largest absolute Gasteiger partial charge is 0.497 e. The van der Waals surface area contributed by atoms with Crippen LogP contribution < -0.4 is 9.64 Å². The molecule has 0 aliphatic carbocycles. The SMILES string of the molecule is COc1cccc(N2CCN(Cc3csc(-c4cccc(C)c4)n3)CC2)c1. The molecule has 1 fully saturated rings. The zero-order valence-corrected chi connectivity index (χ0v) is 16.7. The van der Waals surface area contributed by atoms with Crippen LogP contribution in [0.2, 0.25) is 0 Å². The minimum absolute atomic E-state index is 0.918. The van der Waals surface area contributed by atoms with Crippen LogP contribution >= 0.6 is 11.3 Å². The molecule has 4 rings (SSSR count). The van der Waals surface area contributed by atoms with E-state index in [-0.39, 0.29) is 0 Å². The number of rotatable bonds is 5. The summed E-state index contributed by atoms with van der Waals surface area (Å²) in [6.07, 6.45) is 0. The van der Waals surface area contributed by atoms with E-state index < -0.39 is 0 Å². The number of ether oxygens (including phenoxy) is 1. The van der Waals surface area contributed by atoms with Gasteiger partial charge in [0.05, 0.1) is 12.8 Å². The zero-order valence-electron chi connectivity index (χ0n) is 15.9. The smallest absolute Gasteiger partial charge is 0.123 e. The van der Waals surface area contributed by atoms with Gasteiger partial charge in [-0.3, -0.25) is 4.90 Å². The summed E-state index contributed by atoms with van der Waals surface area (Å²) in [6.45, 7) is 7.21. The number of benzene rings is 2. The number of aromatic nitrogens is 1. The lowest BCUT2D eigenvalue weighted by atomic mass is 10.1. The molecule has 140 valence electrons. The van der Waals surface area contributed by atoms with Gasteiger partial charge in [-0.15, -0.1) is 11.3 Å². The van der Waals surface area contributed by atoms with E-state index in [1.54, 1.807) is 18.4 Å². The summed E-state index contributed by atoms with van der Waals surface area (Å²) in [6, 6.07) is 16.9. The molecule has 3 aromatic rings. The lowest BCUT2D eigenvalue weighted by molar-refractivity contribution is 0.247. The summed E-state index contributed by atoms with van der Waals surface area (Å²) in [7, 11) is 1.72. The molecule has 0 atom stereocenters. The Morgan fingerprint density at radius 1 is 1.04 bits per heavy atom. The molecule has 2 aromatic carbocycles. The number of methoxy groups -OCH3 is 1. The van der Waals surface area contributed by atoms with Gasteiger partial charge in [-0.25, -0.2) is 4.98 Å². The third-order valence-electron chi connectivity index (χ3n) is 4.99. The van der Waals surface area contributed by atoms with Crippen LogP contribution in [0.3, 0.4) is 0 Å². The number of thiazole rings is 1. The third kappa shape index (κ3) is 4.31. The van der Waals surface area contributed by atoms with Crippen molar-refractivity contribution in [1.29, 1.82) is 0 Å². The minimum Gasteiger partial charge on any atom is -0.497 e. The van der Waals surface area contributed by atoms with Gasteiger partial charge in [0.1, 0.15) is 10.8 Å². The standard InChI is InChI=1S/C22H25N3OS/c1-17-5-3-6-18(13-17)22-23-19(16-27-22)15-24-9-11-25(12-10-24)20-7-4-8-21(14-20)26-2/h3-8,13-14,16H,9-12,15H2,1-2H3. The third-order valence-corrected chi connectivity index (χ3v) is 5.93. The van der Waals surface area contributed by atoms with Gasteiger partial charge in [-0.05, 0) is 25.1 Å². The summed E-state index contributed by atoms with van der Waals surface area (Å²) >= 11 is 1.74. The lowest BCUT2D eigenvalue weighted by Gasteiger charge is -2.35. The molecule has 0 spiro atoms. The first-order valence-corrected chi connectivity index (χ1v) is 10.2. The fourth-order valence-electron chi connectivity index (χ4n) is 3.49. The maximum Gasteiger partial charge on any atom is 0.123 e. The van der Waals surface area contributed by atoms with Gasteiger partial charge < -0.3 is 9.64 Å². The first-order chi connectivity index (χ1) is 13.2. The predicted octanol–water partition coefficient (Wildman–Crippen LogP) is 4.45. The molecule has 4 nitrogen and oxygen atoms in total. The predicted molar refractivity (Wildman–Crippen MR) is 113 cm³/mol. The lowest BCUT2D eigenvalue weighted by Crippen LogP contribution is -2.46. The number of aryl methyl sites for hydroxylation is 1. The van der Waals surface area contributed by atoms with Crippen LogP contribution in [0.5, 0.6) is 5.75 Å². The molecular formula is C22H25N3OS. The Labute approximate surface area is 165 Å². The topological polar surface area (TPSA) is 28.6 Å². The maximum atomic E-state index is 5.35. The molecule has 1 aliphatic rings. The summed E-state index contributed by atoms with van der Waals surface area (Å²) in [5, 5.41) is 3.32. The molecule has 1 aliphatic heterocycles. The summed E-state index contributed by atoms with van der Waals surface area (Å²) in [5.74, 6) is 0.918. The highest BCUT2D eigenvalue weighted by Crippen LogP contribution is 2.26. The number of anilines is 1. The Hall–Kier alpha value is -2.37. The quantitative estimate of drug-likeness (QED) is 0.655.